The van der Waals surface area contributed by atoms with Crippen molar-refractivity contribution in [1.29, 1.82) is 0 Å². The molecule has 184 valence electrons. The van der Waals surface area contributed by atoms with E-state index in [2.05, 4.69) is 39.8 Å². The second-order valence-electron chi connectivity index (χ2n) is 11.1. The number of hydrogen-bond acceptors (Lipinski definition) is 6. The van der Waals surface area contributed by atoms with Crippen molar-refractivity contribution in [2.45, 2.75) is 91.3 Å². The van der Waals surface area contributed by atoms with Crippen LogP contribution in [-0.4, -0.2) is 57.5 Å². The highest BCUT2D eigenvalue weighted by molar-refractivity contribution is 5.50. The number of allylic oxidation sites excluding steroid dienone is 1. The first kappa shape index (κ1) is 25.8. The number of aldehydes is 1. The van der Waals surface area contributed by atoms with E-state index in [0.717, 1.165) is 45.0 Å². The molecule has 0 aromatic rings. The van der Waals surface area contributed by atoms with Crippen LogP contribution in [0, 0.1) is 22.7 Å². The van der Waals surface area contributed by atoms with Crippen LogP contribution in [0.5, 0.6) is 0 Å². The highest BCUT2D eigenvalue weighted by Gasteiger charge is 2.53. The van der Waals surface area contributed by atoms with Gasteiger partial charge in [0.15, 0.2) is 12.1 Å². The minimum Gasteiger partial charge on any atom is -0.381 e. The second kappa shape index (κ2) is 11.1. The van der Waals surface area contributed by atoms with Crippen molar-refractivity contribution in [3.63, 3.8) is 0 Å². The summed E-state index contributed by atoms with van der Waals surface area (Å²) in [6.45, 7) is 14.0. The van der Waals surface area contributed by atoms with E-state index in [1.807, 2.05) is 6.92 Å². The molecule has 1 aliphatic carbocycles. The van der Waals surface area contributed by atoms with Gasteiger partial charge in [0.25, 0.3) is 0 Å². The molecule has 3 unspecified atom stereocenters. The number of ether oxygens (including phenoxy) is 5. The van der Waals surface area contributed by atoms with E-state index in [1.165, 1.54) is 0 Å². The van der Waals surface area contributed by atoms with Crippen LogP contribution in [0.4, 0.5) is 0 Å². The average Bonchev–Trinajstić information content (AvgIpc) is 3.10. The lowest BCUT2D eigenvalue weighted by atomic mass is 9.84. The summed E-state index contributed by atoms with van der Waals surface area (Å²) in [5, 5.41) is 0. The maximum Gasteiger partial charge on any atom is 0.172 e. The lowest BCUT2D eigenvalue weighted by Gasteiger charge is -2.45. The van der Waals surface area contributed by atoms with Crippen molar-refractivity contribution >= 4 is 6.29 Å². The van der Waals surface area contributed by atoms with E-state index in [1.54, 1.807) is 0 Å². The molecule has 0 aromatic heterocycles. The zero-order chi connectivity index (χ0) is 23.2. The summed E-state index contributed by atoms with van der Waals surface area (Å²) >= 11 is 0. The molecule has 2 aliphatic heterocycles. The topological polar surface area (TPSA) is 63.2 Å². The fourth-order valence-corrected chi connectivity index (χ4v) is 5.01. The van der Waals surface area contributed by atoms with Crippen LogP contribution in [0.25, 0.3) is 0 Å². The lowest BCUT2D eigenvalue weighted by molar-refractivity contribution is -0.315. The summed E-state index contributed by atoms with van der Waals surface area (Å²) in [4.78, 5) is 11.5. The van der Waals surface area contributed by atoms with E-state index < -0.39 is 5.79 Å². The molecule has 0 radical (unpaired) electrons. The highest BCUT2D eigenvalue weighted by Crippen LogP contribution is 2.49. The summed E-state index contributed by atoms with van der Waals surface area (Å²) in [7, 11) is 0. The largest absolute Gasteiger partial charge is 0.381 e. The fourth-order valence-electron chi connectivity index (χ4n) is 5.01. The minimum absolute atomic E-state index is 0.00708. The lowest BCUT2D eigenvalue weighted by Crippen LogP contribution is -2.50. The Morgan fingerprint density at radius 3 is 2.53 bits per heavy atom. The summed E-state index contributed by atoms with van der Waals surface area (Å²) in [6.07, 6.45) is 10.4. The zero-order valence-electron chi connectivity index (χ0n) is 20.8. The third kappa shape index (κ3) is 6.41. The van der Waals surface area contributed by atoms with Gasteiger partial charge in [-0.05, 0) is 38.5 Å². The quantitative estimate of drug-likeness (QED) is 0.347. The monoisotopic (exact) mass is 452 g/mol. The van der Waals surface area contributed by atoms with Gasteiger partial charge in [-0.1, -0.05) is 39.8 Å². The molecule has 0 bridgehead atoms. The van der Waals surface area contributed by atoms with Gasteiger partial charge in [0, 0.05) is 42.8 Å². The maximum absolute atomic E-state index is 11.5. The molecular weight excluding hydrogens is 408 g/mol. The van der Waals surface area contributed by atoms with E-state index >= 15 is 0 Å². The normalized spacial score (nSPS) is 31.2. The van der Waals surface area contributed by atoms with Gasteiger partial charge in [0.1, 0.15) is 6.29 Å². The van der Waals surface area contributed by atoms with Crippen LogP contribution in [0.3, 0.4) is 0 Å². The van der Waals surface area contributed by atoms with Crippen molar-refractivity contribution < 1.29 is 28.5 Å². The zero-order valence-corrected chi connectivity index (χ0v) is 20.8. The van der Waals surface area contributed by atoms with Gasteiger partial charge in [-0.25, -0.2) is 0 Å². The van der Waals surface area contributed by atoms with E-state index in [4.69, 9.17) is 23.7 Å². The summed E-state index contributed by atoms with van der Waals surface area (Å²) in [6, 6.07) is 0. The van der Waals surface area contributed by atoms with Crippen LogP contribution in [0.15, 0.2) is 12.2 Å². The van der Waals surface area contributed by atoms with Gasteiger partial charge < -0.3 is 28.5 Å². The molecule has 3 fully saturated rings. The first-order valence-corrected chi connectivity index (χ1v) is 12.5. The third-order valence-electron chi connectivity index (χ3n) is 7.09. The maximum atomic E-state index is 11.5. The molecule has 4 atom stereocenters. The van der Waals surface area contributed by atoms with Crippen molar-refractivity contribution in [2.75, 3.05) is 33.0 Å². The molecule has 2 heterocycles. The fraction of sp³-hybridized carbons (Fsp3) is 0.885. The molecule has 32 heavy (non-hydrogen) atoms. The van der Waals surface area contributed by atoms with Crippen LogP contribution in [0.2, 0.25) is 0 Å². The van der Waals surface area contributed by atoms with Crippen LogP contribution in [0.1, 0.15) is 73.1 Å². The molecule has 2 saturated heterocycles. The Morgan fingerprint density at radius 1 is 1.16 bits per heavy atom. The van der Waals surface area contributed by atoms with Crippen molar-refractivity contribution in [1.82, 2.24) is 0 Å². The predicted molar refractivity (Wildman–Crippen MR) is 123 cm³/mol. The molecule has 3 rings (SSSR count). The van der Waals surface area contributed by atoms with Crippen molar-refractivity contribution in [3.05, 3.63) is 12.2 Å². The SMILES string of the molecule is CCOCC(C)(C)C(C=C[C@@H]1CCC2(OCC(C)(C)CO2)C1CC=O)OC1CCCCO1. The van der Waals surface area contributed by atoms with Gasteiger partial charge in [-0.3, -0.25) is 0 Å². The smallest absolute Gasteiger partial charge is 0.172 e. The summed E-state index contributed by atoms with van der Waals surface area (Å²) in [5.74, 6) is -0.411. The molecule has 0 amide bonds. The molecule has 6 heteroatoms. The van der Waals surface area contributed by atoms with Gasteiger partial charge in [0.2, 0.25) is 0 Å². The van der Waals surface area contributed by atoms with Crippen LogP contribution in [-0.2, 0) is 28.5 Å². The summed E-state index contributed by atoms with van der Waals surface area (Å²) in [5.41, 5.74) is -0.196. The molecule has 0 N–H and O–H groups in total. The third-order valence-corrected chi connectivity index (χ3v) is 7.09. The number of hydrogen-bond donors (Lipinski definition) is 0. The molecule has 0 aromatic carbocycles. The Labute approximate surface area is 194 Å². The second-order valence-corrected chi connectivity index (χ2v) is 11.1. The standard InChI is InChI=1S/C26H44O6/c1-6-28-19-25(4,5)22(32-23-9-7-8-16-29-23)11-10-20-12-14-26(21(20)13-15-27)30-17-24(2,3)18-31-26/h10-11,15,20-23H,6-9,12-14,16-19H2,1-5H3/t20-,21?,22?,23?/m1/s1. The first-order chi connectivity index (χ1) is 15.2. The van der Waals surface area contributed by atoms with Crippen molar-refractivity contribution in [3.8, 4) is 0 Å². The van der Waals surface area contributed by atoms with Crippen LogP contribution < -0.4 is 0 Å². The minimum atomic E-state index is -0.644. The van der Waals surface area contributed by atoms with E-state index in [9.17, 15) is 4.79 Å². The molecule has 6 nitrogen and oxygen atoms in total. The van der Waals surface area contributed by atoms with Gasteiger partial charge in [-0.15, -0.1) is 0 Å². The molecule has 1 spiro atoms. The number of rotatable bonds is 10. The molecular formula is C26H44O6. The van der Waals surface area contributed by atoms with E-state index in [-0.39, 0.29) is 35.1 Å². The predicted octanol–water partition coefficient (Wildman–Crippen LogP) is 4.90. The van der Waals surface area contributed by atoms with Crippen molar-refractivity contribution in [2.24, 2.45) is 22.7 Å². The van der Waals surface area contributed by atoms with E-state index in [0.29, 0.717) is 32.8 Å². The Balaban J connectivity index is 1.74. The van der Waals surface area contributed by atoms with Gasteiger partial charge in [0.05, 0.1) is 25.9 Å². The Morgan fingerprint density at radius 2 is 1.91 bits per heavy atom. The first-order valence-electron chi connectivity index (χ1n) is 12.5. The summed E-state index contributed by atoms with van der Waals surface area (Å²) < 4.78 is 30.7. The Kier molecular flexibility index (Phi) is 8.95. The highest BCUT2D eigenvalue weighted by atomic mass is 16.7. The average molecular weight is 453 g/mol. The number of carbonyl (C=O) groups is 1. The van der Waals surface area contributed by atoms with Gasteiger partial charge >= 0.3 is 0 Å². The molecule has 3 aliphatic rings. The van der Waals surface area contributed by atoms with Crippen LogP contribution >= 0.6 is 0 Å². The molecule has 1 saturated carbocycles. The Hall–Kier alpha value is -0.790. The number of carbonyl (C=O) groups excluding carboxylic acids is 1. The Bertz CT molecular complexity index is 612. The van der Waals surface area contributed by atoms with Gasteiger partial charge in [-0.2, -0.15) is 0 Å².